The maximum Gasteiger partial charge on any atom is 0.334 e. The fraction of sp³-hybridized carbons (Fsp3) is 0.700. The number of hydrogen-bond acceptors (Lipinski definition) is 3. The van der Waals surface area contributed by atoms with Gasteiger partial charge < -0.3 is 9.47 Å². The maximum atomic E-state index is 11.2. The van der Waals surface area contributed by atoms with E-state index in [-0.39, 0.29) is 18.0 Å². The van der Waals surface area contributed by atoms with E-state index in [9.17, 15) is 4.79 Å². The number of carbonyl (C=O) groups is 1. The Kier molecular flexibility index (Phi) is 1.74. The molecule has 3 atom stereocenters. The highest BCUT2D eigenvalue weighted by Gasteiger charge is 2.55. The van der Waals surface area contributed by atoms with Crippen LogP contribution in [0.2, 0.25) is 0 Å². The molecule has 0 saturated carbocycles. The summed E-state index contributed by atoms with van der Waals surface area (Å²) in [6.07, 6.45) is 0.611. The second-order valence-electron chi connectivity index (χ2n) is 4.00. The first-order chi connectivity index (χ1) is 6.06. The van der Waals surface area contributed by atoms with Gasteiger partial charge in [0, 0.05) is 17.9 Å². The van der Waals surface area contributed by atoms with Gasteiger partial charge in [0.2, 0.25) is 0 Å². The zero-order valence-corrected chi connectivity index (χ0v) is 8.00. The predicted molar refractivity (Wildman–Crippen MR) is 47.2 cm³/mol. The highest BCUT2D eigenvalue weighted by molar-refractivity contribution is 5.90. The van der Waals surface area contributed by atoms with Crippen molar-refractivity contribution in [1.82, 2.24) is 0 Å². The average Bonchev–Trinajstić information content (AvgIpc) is 2.50. The normalized spacial score (nSPS) is 44.5. The second-order valence-corrected chi connectivity index (χ2v) is 4.00. The molecule has 0 bridgehead atoms. The van der Waals surface area contributed by atoms with Crippen molar-refractivity contribution in [3.63, 3.8) is 0 Å². The van der Waals surface area contributed by atoms with E-state index in [1.165, 1.54) is 0 Å². The van der Waals surface area contributed by atoms with Crippen LogP contribution in [-0.2, 0) is 14.3 Å². The molecule has 72 valence electrons. The molecule has 13 heavy (non-hydrogen) atoms. The van der Waals surface area contributed by atoms with Crippen molar-refractivity contribution < 1.29 is 14.3 Å². The number of rotatable bonds is 0. The molecule has 2 rings (SSSR count). The Morgan fingerprint density at radius 1 is 1.54 bits per heavy atom. The van der Waals surface area contributed by atoms with Crippen molar-refractivity contribution in [2.24, 2.45) is 5.92 Å². The van der Waals surface area contributed by atoms with E-state index in [0.717, 1.165) is 0 Å². The molecule has 3 nitrogen and oxygen atoms in total. The number of hydrogen-bond donors (Lipinski definition) is 0. The van der Waals surface area contributed by atoms with Gasteiger partial charge in [0.1, 0.15) is 5.60 Å². The van der Waals surface area contributed by atoms with Gasteiger partial charge in [-0.25, -0.2) is 4.79 Å². The first-order valence-electron chi connectivity index (χ1n) is 4.59. The van der Waals surface area contributed by atoms with Crippen molar-refractivity contribution in [1.29, 1.82) is 0 Å². The lowest BCUT2D eigenvalue weighted by molar-refractivity contribution is -0.153. The standard InChI is InChI=1S/C10H14O3/c1-6-4-10(13-9(6)11)7(2)5-12-8(10)3/h7-8H,1,4-5H2,2-3H3. The molecular formula is C10H14O3. The third kappa shape index (κ3) is 1.03. The minimum Gasteiger partial charge on any atom is -0.452 e. The molecule has 2 aliphatic heterocycles. The maximum absolute atomic E-state index is 11.2. The summed E-state index contributed by atoms with van der Waals surface area (Å²) in [5, 5.41) is 0. The van der Waals surface area contributed by atoms with Crippen LogP contribution in [-0.4, -0.2) is 24.3 Å². The van der Waals surface area contributed by atoms with E-state index in [4.69, 9.17) is 9.47 Å². The summed E-state index contributed by atoms with van der Waals surface area (Å²) in [6.45, 7) is 8.37. The summed E-state index contributed by atoms with van der Waals surface area (Å²) >= 11 is 0. The Hall–Kier alpha value is -0.830. The van der Waals surface area contributed by atoms with E-state index >= 15 is 0 Å². The van der Waals surface area contributed by atoms with Crippen molar-refractivity contribution in [2.45, 2.75) is 32.0 Å². The number of esters is 1. The molecule has 2 fully saturated rings. The lowest BCUT2D eigenvalue weighted by atomic mass is 9.84. The highest BCUT2D eigenvalue weighted by atomic mass is 16.6. The Labute approximate surface area is 77.7 Å². The topological polar surface area (TPSA) is 35.5 Å². The van der Waals surface area contributed by atoms with Crippen LogP contribution in [0, 0.1) is 5.92 Å². The summed E-state index contributed by atoms with van der Waals surface area (Å²) in [4.78, 5) is 11.2. The third-order valence-electron chi connectivity index (χ3n) is 3.18. The van der Waals surface area contributed by atoms with Crippen molar-refractivity contribution in [3.8, 4) is 0 Å². The second kappa shape index (κ2) is 2.58. The summed E-state index contributed by atoms with van der Waals surface area (Å²) < 4.78 is 10.9. The van der Waals surface area contributed by atoms with Gasteiger partial charge in [0.25, 0.3) is 0 Å². The Bertz CT molecular complexity index is 241. The molecule has 2 aliphatic rings. The van der Waals surface area contributed by atoms with Crippen LogP contribution in [0.15, 0.2) is 12.2 Å². The van der Waals surface area contributed by atoms with Crippen LogP contribution in [0.4, 0.5) is 0 Å². The zero-order valence-electron chi connectivity index (χ0n) is 8.00. The van der Waals surface area contributed by atoms with E-state index in [1.54, 1.807) is 0 Å². The van der Waals surface area contributed by atoms with Crippen molar-refractivity contribution >= 4 is 5.97 Å². The molecule has 0 aliphatic carbocycles. The quantitative estimate of drug-likeness (QED) is 0.418. The van der Waals surface area contributed by atoms with Crippen molar-refractivity contribution in [2.75, 3.05) is 6.61 Å². The minimum atomic E-state index is -0.422. The molecule has 3 unspecified atom stereocenters. The minimum absolute atomic E-state index is 0.00861. The largest absolute Gasteiger partial charge is 0.452 e. The summed E-state index contributed by atoms with van der Waals surface area (Å²) in [7, 11) is 0. The molecule has 2 saturated heterocycles. The van der Waals surface area contributed by atoms with Gasteiger partial charge in [-0.05, 0) is 6.92 Å². The van der Waals surface area contributed by atoms with E-state index in [0.29, 0.717) is 18.6 Å². The summed E-state index contributed by atoms with van der Waals surface area (Å²) in [5.41, 5.74) is 0.151. The molecule has 0 radical (unpaired) electrons. The van der Waals surface area contributed by atoms with Crippen LogP contribution in [0.3, 0.4) is 0 Å². The highest BCUT2D eigenvalue weighted by Crippen LogP contribution is 2.44. The van der Waals surface area contributed by atoms with Crippen molar-refractivity contribution in [3.05, 3.63) is 12.2 Å². The Morgan fingerprint density at radius 2 is 2.23 bits per heavy atom. The van der Waals surface area contributed by atoms with E-state index in [1.807, 2.05) is 6.92 Å². The van der Waals surface area contributed by atoms with Crippen LogP contribution in [0.25, 0.3) is 0 Å². The number of ether oxygens (including phenoxy) is 2. The van der Waals surface area contributed by atoms with Gasteiger partial charge in [-0.15, -0.1) is 0 Å². The van der Waals surface area contributed by atoms with Crippen LogP contribution in [0.1, 0.15) is 20.3 Å². The first kappa shape index (κ1) is 8.75. The van der Waals surface area contributed by atoms with Gasteiger partial charge in [-0.1, -0.05) is 13.5 Å². The lowest BCUT2D eigenvalue weighted by Gasteiger charge is -2.28. The van der Waals surface area contributed by atoms with E-state index in [2.05, 4.69) is 13.5 Å². The third-order valence-corrected chi connectivity index (χ3v) is 3.18. The summed E-state index contributed by atoms with van der Waals surface area (Å²) in [5.74, 6) is 0.00917. The zero-order chi connectivity index (χ0) is 9.64. The molecule has 3 heteroatoms. The Morgan fingerprint density at radius 3 is 2.62 bits per heavy atom. The fourth-order valence-corrected chi connectivity index (χ4v) is 2.16. The van der Waals surface area contributed by atoms with Gasteiger partial charge in [-0.2, -0.15) is 0 Å². The number of carbonyl (C=O) groups excluding carboxylic acids is 1. The Balaban J connectivity index is 2.30. The predicted octanol–water partition coefficient (Wildman–Crippen LogP) is 1.28. The van der Waals surface area contributed by atoms with Crippen LogP contribution < -0.4 is 0 Å². The molecular weight excluding hydrogens is 168 g/mol. The van der Waals surface area contributed by atoms with Crippen LogP contribution >= 0.6 is 0 Å². The van der Waals surface area contributed by atoms with Gasteiger partial charge >= 0.3 is 5.97 Å². The molecule has 0 aromatic rings. The van der Waals surface area contributed by atoms with E-state index < -0.39 is 5.60 Å². The summed E-state index contributed by atoms with van der Waals surface area (Å²) in [6, 6.07) is 0. The first-order valence-corrected chi connectivity index (χ1v) is 4.59. The van der Waals surface area contributed by atoms with Gasteiger partial charge in [0.05, 0.1) is 12.7 Å². The van der Waals surface area contributed by atoms with Gasteiger partial charge in [-0.3, -0.25) is 0 Å². The molecule has 0 amide bonds. The van der Waals surface area contributed by atoms with Gasteiger partial charge in [0.15, 0.2) is 0 Å². The SMILES string of the molecule is C=C1CC2(OC1=O)C(C)COC2C. The molecule has 0 N–H and O–H groups in total. The molecule has 1 spiro atoms. The monoisotopic (exact) mass is 182 g/mol. The molecule has 0 aromatic carbocycles. The fourth-order valence-electron chi connectivity index (χ4n) is 2.16. The van der Waals surface area contributed by atoms with Crippen LogP contribution in [0.5, 0.6) is 0 Å². The molecule has 0 aromatic heterocycles. The molecule has 2 heterocycles. The average molecular weight is 182 g/mol. The lowest BCUT2D eigenvalue weighted by Crippen LogP contribution is -2.41. The smallest absolute Gasteiger partial charge is 0.334 e.